The van der Waals surface area contributed by atoms with Crippen molar-refractivity contribution in [3.8, 4) is 5.69 Å². The van der Waals surface area contributed by atoms with E-state index in [-0.39, 0.29) is 21.3 Å². The van der Waals surface area contributed by atoms with Gasteiger partial charge in [0.05, 0.1) is 31.7 Å². The quantitative estimate of drug-likeness (QED) is 0.530. The van der Waals surface area contributed by atoms with Crippen molar-refractivity contribution >= 4 is 39.9 Å². The third kappa shape index (κ3) is 2.17. The maximum Gasteiger partial charge on any atom is 0.272 e. The summed E-state index contributed by atoms with van der Waals surface area (Å²) in [6, 6.07) is 7.34. The maximum absolute atomic E-state index is 11.7. The summed E-state index contributed by atoms with van der Waals surface area (Å²) in [4.78, 5) is 21.9. The first kappa shape index (κ1) is 14.6. The first-order valence-electron chi connectivity index (χ1n) is 6.21. The Morgan fingerprint density at radius 2 is 1.73 bits per heavy atom. The molecule has 0 aliphatic heterocycles. The lowest BCUT2D eigenvalue weighted by atomic mass is 10.2. The number of hydrogen-bond acceptors (Lipinski definition) is 3. The van der Waals surface area contributed by atoms with Crippen LogP contribution in [0, 0.1) is 10.1 Å². The fraction of sp³-hybridized carbons (Fsp3) is 0.0714. The summed E-state index contributed by atoms with van der Waals surface area (Å²) in [5.74, 6) is 0. The van der Waals surface area contributed by atoms with Crippen LogP contribution in [0.15, 0.2) is 41.3 Å². The Bertz CT molecular complexity index is 952. The molecule has 1 aromatic carbocycles. The lowest BCUT2D eigenvalue weighted by Crippen LogP contribution is -2.14. The molecule has 0 saturated carbocycles. The van der Waals surface area contributed by atoms with Gasteiger partial charge in [0.2, 0.25) is 0 Å². The van der Waals surface area contributed by atoms with E-state index in [9.17, 15) is 14.9 Å². The molecule has 0 saturated heterocycles. The summed E-state index contributed by atoms with van der Waals surface area (Å²) in [5.41, 5.74) is 1.55. The Morgan fingerprint density at radius 3 is 2.32 bits per heavy atom. The zero-order valence-electron chi connectivity index (χ0n) is 11.3. The molecule has 3 aromatic rings. The molecule has 0 aliphatic carbocycles. The van der Waals surface area contributed by atoms with Gasteiger partial charge in [-0.1, -0.05) is 23.2 Å². The van der Waals surface area contributed by atoms with E-state index in [2.05, 4.69) is 0 Å². The number of nitrogens with zero attached hydrogens (tertiary/aromatic N) is 3. The van der Waals surface area contributed by atoms with Crippen molar-refractivity contribution in [2.24, 2.45) is 7.05 Å². The van der Waals surface area contributed by atoms with E-state index in [1.807, 2.05) is 0 Å². The van der Waals surface area contributed by atoms with Crippen molar-refractivity contribution in [3.05, 3.63) is 67.0 Å². The van der Waals surface area contributed by atoms with Gasteiger partial charge in [-0.25, -0.2) is 0 Å². The maximum atomic E-state index is 11.7. The Balaban J connectivity index is 2.31. The second-order valence-corrected chi connectivity index (χ2v) is 5.52. The third-order valence-electron chi connectivity index (χ3n) is 3.43. The number of aromatic nitrogens is 2. The van der Waals surface area contributed by atoms with E-state index >= 15 is 0 Å². The lowest BCUT2D eigenvalue weighted by Gasteiger charge is -2.10. The van der Waals surface area contributed by atoms with Crippen LogP contribution in [0.25, 0.3) is 16.7 Å². The number of aryl methyl sites for hydroxylation is 1. The van der Waals surface area contributed by atoms with Crippen LogP contribution < -0.4 is 5.56 Å². The van der Waals surface area contributed by atoms with Crippen LogP contribution in [0.5, 0.6) is 0 Å². The highest BCUT2D eigenvalue weighted by molar-refractivity contribution is 6.38. The van der Waals surface area contributed by atoms with Crippen molar-refractivity contribution in [2.45, 2.75) is 0 Å². The zero-order chi connectivity index (χ0) is 16.0. The summed E-state index contributed by atoms with van der Waals surface area (Å²) in [7, 11) is 1.66. The summed E-state index contributed by atoms with van der Waals surface area (Å²) in [6.07, 6.45) is 1.71. The summed E-state index contributed by atoms with van der Waals surface area (Å²) in [6.45, 7) is 0. The first-order chi connectivity index (χ1) is 10.4. The fourth-order valence-electron chi connectivity index (χ4n) is 2.35. The molecule has 112 valence electrons. The number of pyridine rings is 1. The minimum Gasteiger partial charge on any atom is -0.312 e. The molecule has 0 amide bonds. The van der Waals surface area contributed by atoms with Crippen LogP contribution in [0.1, 0.15) is 0 Å². The van der Waals surface area contributed by atoms with Gasteiger partial charge in [0.25, 0.3) is 11.2 Å². The van der Waals surface area contributed by atoms with Gasteiger partial charge in [-0.2, -0.15) is 0 Å². The van der Waals surface area contributed by atoms with Gasteiger partial charge in [-0.05, 0) is 12.1 Å². The van der Waals surface area contributed by atoms with Crippen LogP contribution in [0.4, 0.5) is 5.69 Å². The largest absolute Gasteiger partial charge is 0.312 e. The topological polar surface area (TPSA) is 70.1 Å². The van der Waals surface area contributed by atoms with Crippen LogP contribution in [-0.2, 0) is 7.05 Å². The van der Waals surface area contributed by atoms with Crippen LogP contribution in [-0.4, -0.2) is 14.1 Å². The number of hydrogen-bond donors (Lipinski definition) is 0. The van der Waals surface area contributed by atoms with Gasteiger partial charge in [-0.15, -0.1) is 0 Å². The number of nitro groups is 1. The zero-order valence-corrected chi connectivity index (χ0v) is 12.8. The van der Waals surface area contributed by atoms with E-state index in [1.54, 1.807) is 29.9 Å². The van der Waals surface area contributed by atoms with Crippen LogP contribution >= 0.6 is 23.2 Å². The van der Waals surface area contributed by atoms with Gasteiger partial charge in [0, 0.05) is 31.4 Å². The molecule has 0 spiro atoms. The summed E-state index contributed by atoms with van der Waals surface area (Å²) in [5, 5.41) is 11.2. The van der Waals surface area contributed by atoms with E-state index in [0.29, 0.717) is 11.2 Å². The van der Waals surface area contributed by atoms with Gasteiger partial charge in [-0.3, -0.25) is 14.9 Å². The minimum atomic E-state index is -0.557. The molecular formula is C14H9Cl2N3O3. The minimum absolute atomic E-state index is 0.133. The number of rotatable bonds is 2. The monoisotopic (exact) mass is 337 g/mol. The number of non-ortho nitro benzene ring substituents is 1. The average Bonchev–Trinajstić information content (AvgIpc) is 2.86. The predicted octanol–water partition coefficient (Wildman–Crippen LogP) is 3.54. The lowest BCUT2D eigenvalue weighted by molar-refractivity contribution is -0.384. The van der Waals surface area contributed by atoms with Crippen molar-refractivity contribution in [3.63, 3.8) is 0 Å². The highest BCUT2D eigenvalue weighted by Crippen LogP contribution is 2.35. The first-order valence-corrected chi connectivity index (χ1v) is 6.96. The Kier molecular flexibility index (Phi) is 3.42. The van der Waals surface area contributed by atoms with Crippen molar-refractivity contribution in [2.75, 3.05) is 0 Å². The van der Waals surface area contributed by atoms with E-state index in [4.69, 9.17) is 23.2 Å². The van der Waals surface area contributed by atoms with Gasteiger partial charge in [0.15, 0.2) is 0 Å². The summed E-state index contributed by atoms with van der Waals surface area (Å²) < 4.78 is 3.20. The summed E-state index contributed by atoms with van der Waals surface area (Å²) >= 11 is 12.3. The molecule has 0 atom stereocenters. The SMILES string of the molecule is Cn1c(=O)ccc2c1ccn2-c1c(Cl)cc([N+](=O)[O-])cc1Cl. The van der Waals surface area contributed by atoms with Crippen molar-refractivity contribution < 1.29 is 4.92 Å². The van der Waals surface area contributed by atoms with Gasteiger partial charge >= 0.3 is 0 Å². The normalized spacial score (nSPS) is 11.0. The van der Waals surface area contributed by atoms with Crippen LogP contribution in [0.3, 0.4) is 0 Å². The Morgan fingerprint density at radius 1 is 1.09 bits per heavy atom. The molecule has 0 N–H and O–H groups in total. The van der Waals surface area contributed by atoms with Crippen LogP contribution in [0.2, 0.25) is 10.0 Å². The smallest absolute Gasteiger partial charge is 0.272 e. The average molecular weight is 338 g/mol. The predicted molar refractivity (Wildman–Crippen MR) is 85.2 cm³/mol. The highest BCUT2D eigenvalue weighted by Gasteiger charge is 2.17. The molecule has 2 aromatic heterocycles. The Labute approximate surface area is 134 Å². The Hall–Kier alpha value is -2.31. The van der Waals surface area contributed by atoms with Crippen molar-refractivity contribution in [1.82, 2.24) is 9.13 Å². The number of benzene rings is 1. The number of nitro benzene ring substituents is 1. The van der Waals surface area contributed by atoms with Crippen molar-refractivity contribution in [1.29, 1.82) is 0 Å². The molecule has 0 radical (unpaired) electrons. The van der Waals surface area contributed by atoms with E-state index < -0.39 is 4.92 Å². The molecule has 22 heavy (non-hydrogen) atoms. The highest BCUT2D eigenvalue weighted by atomic mass is 35.5. The molecule has 0 bridgehead atoms. The molecule has 6 nitrogen and oxygen atoms in total. The fourth-order valence-corrected chi connectivity index (χ4v) is 3.00. The second kappa shape index (κ2) is 5.15. The standard InChI is InChI=1S/C14H9Cl2N3O3/c1-17-11-4-5-18(12(11)2-3-13(17)20)14-9(15)6-8(19(21)22)7-10(14)16/h2-7H,1H3. The molecule has 0 unspecified atom stereocenters. The number of halogens is 2. The molecular weight excluding hydrogens is 329 g/mol. The molecule has 0 aliphatic rings. The molecule has 2 heterocycles. The third-order valence-corrected chi connectivity index (χ3v) is 4.01. The van der Waals surface area contributed by atoms with E-state index in [1.165, 1.54) is 22.8 Å². The molecule has 0 fully saturated rings. The number of fused-ring (bicyclic) bond motifs is 1. The molecule has 3 rings (SSSR count). The van der Waals surface area contributed by atoms with E-state index in [0.717, 1.165) is 5.52 Å². The second-order valence-electron chi connectivity index (χ2n) is 4.70. The molecule has 8 heteroatoms. The van der Waals surface area contributed by atoms with Gasteiger partial charge in [0.1, 0.15) is 0 Å². The van der Waals surface area contributed by atoms with Gasteiger partial charge < -0.3 is 9.13 Å².